The first kappa shape index (κ1) is 15.7. The van der Waals surface area contributed by atoms with E-state index < -0.39 is 11.8 Å². The van der Waals surface area contributed by atoms with Crippen LogP contribution in [0, 0.1) is 0 Å². The third-order valence-corrected chi connectivity index (χ3v) is 5.43. The second-order valence-corrected chi connectivity index (χ2v) is 6.75. The lowest BCUT2D eigenvalue weighted by molar-refractivity contribution is -0.0286. The Balaban J connectivity index is 1.96. The average molecular weight is 328 g/mol. The molecule has 1 heterocycles. The molecule has 0 unspecified atom stereocenters. The highest BCUT2D eigenvalue weighted by Crippen LogP contribution is 2.51. The normalized spacial score (nSPS) is 26.3. The lowest BCUT2D eigenvalue weighted by Crippen LogP contribution is -2.45. The number of hydrogen-bond donors (Lipinski definition) is 1. The number of rotatable bonds is 1. The summed E-state index contributed by atoms with van der Waals surface area (Å²) in [5, 5.41) is 3.35. The molecule has 1 aliphatic carbocycles. The molecule has 2 aromatic rings. The standard InChI is InChI=1S/C20H22F2N2/c1-14-15-6-2-3-7-16(15)19(24-12-10-23-11-13-24)17-8-4-5-9-18(17)20(14,21)22/h2-9,14,19,23H,10-13H2,1H3/t14-,19+/m0/s1. The van der Waals surface area contributed by atoms with Crippen LogP contribution in [0.4, 0.5) is 8.78 Å². The molecule has 2 atom stereocenters. The molecule has 2 aliphatic rings. The molecule has 2 nitrogen and oxygen atoms in total. The monoisotopic (exact) mass is 328 g/mol. The first-order chi connectivity index (χ1) is 11.6. The molecule has 0 saturated carbocycles. The van der Waals surface area contributed by atoms with E-state index in [0.717, 1.165) is 42.9 Å². The summed E-state index contributed by atoms with van der Waals surface area (Å²) in [5.41, 5.74) is 2.72. The van der Waals surface area contributed by atoms with E-state index in [4.69, 9.17) is 0 Å². The number of halogens is 2. The van der Waals surface area contributed by atoms with Gasteiger partial charge < -0.3 is 5.32 Å². The molecule has 0 radical (unpaired) electrons. The Kier molecular flexibility index (Phi) is 3.89. The molecular formula is C20H22F2N2. The van der Waals surface area contributed by atoms with E-state index in [1.165, 1.54) is 0 Å². The molecule has 1 saturated heterocycles. The lowest BCUT2D eigenvalue weighted by atomic mass is 9.89. The minimum atomic E-state index is -2.87. The molecule has 4 rings (SSSR count). The van der Waals surface area contributed by atoms with E-state index in [0.29, 0.717) is 0 Å². The molecule has 4 heteroatoms. The molecular weight excluding hydrogens is 306 g/mol. The lowest BCUT2D eigenvalue weighted by Gasteiger charge is -2.36. The van der Waals surface area contributed by atoms with E-state index in [-0.39, 0.29) is 11.6 Å². The topological polar surface area (TPSA) is 15.3 Å². The average Bonchev–Trinajstić information content (AvgIpc) is 2.69. The number of fused-ring (bicyclic) bond motifs is 2. The fourth-order valence-corrected chi connectivity index (χ4v) is 4.12. The van der Waals surface area contributed by atoms with Crippen molar-refractivity contribution < 1.29 is 8.78 Å². The van der Waals surface area contributed by atoms with E-state index in [1.54, 1.807) is 19.1 Å². The molecule has 1 N–H and O–H groups in total. The van der Waals surface area contributed by atoms with Gasteiger partial charge in [0.25, 0.3) is 5.92 Å². The van der Waals surface area contributed by atoms with Gasteiger partial charge in [0.2, 0.25) is 0 Å². The van der Waals surface area contributed by atoms with Crippen LogP contribution in [0.1, 0.15) is 41.1 Å². The Morgan fingerprint density at radius 2 is 1.50 bits per heavy atom. The first-order valence-electron chi connectivity index (χ1n) is 8.61. The molecule has 126 valence electrons. The van der Waals surface area contributed by atoms with Gasteiger partial charge in [-0.15, -0.1) is 0 Å². The van der Waals surface area contributed by atoms with Crippen molar-refractivity contribution in [1.82, 2.24) is 10.2 Å². The van der Waals surface area contributed by atoms with E-state index in [9.17, 15) is 0 Å². The van der Waals surface area contributed by atoms with E-state index in [2.05, 4.69) is 10.2 Å². The summed E-state index contributed by atoms with van der Waals surface area (Å²) in [7, 11) is 0. The van der Waals surface area contributed by atoms with Gasteiger partial charge in [-0.1, -0.05) is 55.5 Å². The third kappa shape index (κ3) is 2.36. The van der Waals surface area contributed by atoms with E-state index >= 15 is 8.78 Å². The Hall–Kier alpha value is -1.78. The van der Waals surface area contributed by atoms with Gasteiger partial charge in [0.05, 0.1) is 6.04 Å². The Labute approximate surface area is 141 Å². The van der Waals surface area contributed by atoms with Crippen LogP contribution in [0.5, 0.6) is 0 Å². The van der Waals surface area contributed by atoms with Crippen molar-refractivity contribution in [3.05, 3.63) is 70.8 Å². The SMILES string of the molecule is C[C@H]1c2ccccc2[C@@H](N2CCNCC2)c2ccccc2C1(F)F. The van der Waals surface area contributed by atoms with Crippen molar-refractivity contribution in [2.75, 3.05) is 26.2 Å². The van der Waals surface area contributed by atoms with Crippen molar-refractivity contribution in [3.8, 4) is 0 Å². The molecule has 1 aliphatic heterocycles. The summed E-state index contributed by atoms with van der Waals surface area (Å²) in [6, 6.07) is 14.7. The summed E-state index contributed by atoms with van der Waals surface area (Å²) in [6.07, 6.45) is 0. The number of nitrogens with one attached hydrogen (secondary N) is 1. The minimum absolute atomic E-state index is 0.102. The Morgan fingerprint density at radius 1 is 0.917 bits per heavy atom. The van der Waals surface area contributed by atoms with Crippen LogP contribution in [0.15, 0.2) is 48.5 Å². The van der Waals surface area contributed by atoms with Gasteiger partial charge in [-0.2, -0.15) is 0 Å². The second-order valence-electron chi connectivity index (χ2n) is 6.75. The summed E-state index contributed by atoms with van der Waals surface area (Å²) >= 11 is 0. The number of benzene rings is 2. The van der Waals surface area contributed by atoms with Gasteiger partial charge in [0.15, 0.2) is 0 Å². The summed E-state index contributed by atoms with van der Waals surface area (Å²) in [6.45, 7) is 5.18. The smallest absolute Gasteiger partial charge is 0.280 e. The van der Waals surface area contributed by atoms with Gasteiger partial charge in [-0.3, -0.25) is 4.90 Å². The zero-order chi connectivity index (χ0) is 16.7. The maximum atomic E-state index is 15.2. The van der Waals surface area contributed by atoms with Crippen molar-refractivity contribution in [2.45, 2.75) is 24.8 Å². The molecule has 2 aromatic carbocycles. The van der Waals surface area contributed by atoms with E-state index in [1.807, 2.05) is 36.4 Å². The van der Waals surface area contributed by atoms with Gasteiger partial charge in [0, 0.05) is 37.7 Å². The summed E-state index contributed by atoms with van der Waals surface area (Å²) in [5.74, 6) is -3.70. The van der Waals surface area contributed by atoms with Gasteiger partial charge in [0.1, 0.15) is 0 Å². The molecule has 0 amide bonds. The van der Waals surface area contributed by atoms with Crippen molar-refractivity contribution >= 4 is 0 Å². The largest absolute Gasteiger partial charge is 0.314 e. The summed E-state index contributed by atoms with van der Waals surface area (Å²) in [4.78, 5) is 2.34. The van der Waals surface area contributed by atoms with Crippen LogP contribution in [0.25, 0.3) is 0 Å². The molecule has 0 aromatic heterocycles. The highest BCUT2D eigenvalue weighted by atomic mass is 19.3. The number of alkyl halides is 2. The van der Waals surface area contributed by atoms with Crippen molar-refractivity contribution in [1.29, 1.82) is 0 Å². The maximum Gasteiger partial charge on any atom is 0.280 e. The summed E-state index contributed by atoms with van der Waals surface area (Å²) < 4.78 is 30.5. The number of hydrogen-bond acceptors (Lipinski definition) is 2. The zero-order valence-electron chi connectivity index (χ0n) is 13.8. The van der Waals surface area contributed by atoms with Crippen molar-refractivity contribution in [2.24, 2.45) is 0 Å². The quantitative estimate of drug-likeness (QED) is 0.854. The van der Waals surface area contributed by atoms with Gasteiger partial charge in [-0.05, 0) is 16.7 Å². The number of piperazine rings is 1. The predicted octanol–water partition coefficient (Wildman–Crippen LogP) is 3.89. The maximum absolute atomic E-state index is 15.2. The second kappa shape index (κ2) is 5.94. The molecule has 1 fully saturated rings. The fourth-order valence-electron chi connectivity index (χ4n) is 4.12. The fraction of sp³-hybridized carbons (Fsp3) is 0.400. The highest BCUT2D eigenvalue weighted by Gasteiger charge is 2.46. The number of nitrogens with zero attached hydrogens (tertiary/aromatic N) is 1. The van der Waals surface area contributed by atoms with Crippen LogP contribution in [0.3, 0.4) is 0 Å². The minimum Gasteiger partial charge on any atom is -0.314 e. The molecule has 0 bridgehead atoms. The van der Waals surface area contributed by atoms with Crippen LogP contribution < -0.4 is 5.32 Å². The Morgan fingerprint density at radius 3 is 2.21 bits per heavy atom. The third-order valence-electron chi connectivity index (χ3n) is 5.43. The van der Waals surface area contributed by atoms with Crippen LogP contribution in [0.2, 0.25) is 0 Å². The van der Waals surface area contributed by atoms with Crippen LogP contribution >= 0.6 is 0 Å². The van der Waals surface area contributed by atoms with Crippen molar-refractivity contribution in [3.63, 3.8) is 0 Å². The highest BCUT2D eigenvalue weighted by molar-refractivity contribution is 5.48. The zero-order valence-corrected chi connectivity index (χ0v) is 13.8. The van der Waals surface area contributed by atoms with Crippen LogP contribution in [-0.4, -0.2) is 31.1 Å². The van der Waals surface area contributed by atoms with Gasteiger partial charge >= 0.3 is 0 Å². The molecule has 24 heavy (non-hydrogen) atoms. The molecule has 0 spiro atoms. The van der Waals surface area contributed by atoms with Crippen LogP contribution in [-0.2, 0) is 5.92 Å². The van der Waals surface area contributed by atoms with Gasteiger partial charge in [-0.25, -0.2) is 8.78 Å². The Bertz CT molecular complexity index is 738. The predicted molar refractivity (Wildman–Crippen MR) is 91.5 cm³/mol. The first-order valence-corrected chi connectivity index (χ1v) is 8.61.